The molecule has 9 heteroatoms. The van der Waals surface area contributed by atoms with E-state index in [-0.39, 0.29) is 17.3 Å². The third kappa shape index (κ3) is 3.34. The van der Waals surface area contributed by atoms with Crippen LogP contribution in [0.15, 0.2) is 24.3 Å². The van der Waals surface area contributed by atoms with Gasteiger partial charge in [-0.25, -0.2) is 10.8 Å². The lowest BCUT2D eigenvalue weighted by atomic mass is 10.3. The molecule has 1 aromatic heterocycles. The molecule has 0 aliphatic carbocycles. The van der Waals surface area contributed by atoms with Gasteiger partial charge in [-0.15, -0.1) is 0 Å². The number of nitrogen functional groups attached to an aromatic ring is 1. The van der Waals surface area contributed by atoms with Crippen LogP contribution in [0.2, 0.25) is 0 Å². The highest BCUT2D eigenvalue weighted by Crippen LogP contribution is 2.34. The molecule has 0 unspecified atom stereocenters. The van der Waals surface area contributed by atoms with Crippen molar-refractivity contribution in [1.29, 1.82) is 0 Å². The molecule has 21 heavy (non-hydrogen) atoms. The fraction of sp³-hybridized carbons (Fsp3) is 0.167. The maximum Gasteiger partial charge on any atom is 0.315 e. The Bertz CT molecular complexity index is 677. The Morgan fingerprint density at radius 3 is 2.71 bits per heavy atom. The molecule has 0 spiro atoms. The summed E-state index contributed by atoms with van der Waals surface area (Å²) in [4.78, 5) is 18.5. The number of ether oxygens (including phenoxy) is 2. The van der Waals surface area contributed by atoms with E-state index in [1.165, 1.54) is 25.3 Å². The highest BCUT2D eigenvalue weighted by Gasteiger charge is 2.18. The number of benzene rings is 1. The second kappa shape index (κ2) is 6.01. The fourth-order valence-corrected chi connectivity index (χ4v) is 1.63. The van der Waals surface area contributed by atoms with Crippen molar-refractivity contribution in [3.05, 3.63) is 40.2 Å². The number of hydrogen-bond donors (Lipinski definition) is 2. The van der Waals surface area contributed by atoms with E-state index in [1.807, 2.05) is 0 Å². The maximum atomic E-state index is 11.1. The highest BCUT2D eigenvalue weighted by molar-refractivity contribution is 5.52. The summed E-state index contributed by atoms with van der Waals surface area (Å²) < 4.78 is 10.4. The van der Waals surface area contributed by atoms with Crippen molar-refractivity contribution in [1.82, 2.24) is 9.97 Å². The van der Waals surface area contributed by atoms with Gasteiger partial charge < -0.3 is 14.9 Å². The lowest BCUT2D eigenvalue weighted by Crippen LogP contribution is -2.10. The van der Waals surface area contributed by atoms with Crippen molar-refractivity contribution < 1.29 is 14.4 Å². The van der Waals surface area contributed by atoms with Crippen LogP contribution >= 0.6 is 0 Å². The number of nitrogens with zero attached hydrogens (tertiary/aromatic N) is 3. The Labute approximate surface area is 119 Å². The van der Waals surface area contributed by atoms with Crippen LogP contribution in [-0.4, -0.2) is 22.0 Å². The zero-order valence-corrected chi connectivity index (χ0v) is 11.4. The minimum absolute atomic E-state index is 0.0434. The van der Waals surface area contributed by atoms with Crippen LogP contribution in [0.3, 0.4) is 0 Å². The van der Waals surface area contributed by atoms with Gasteiger partial charge in [0.15, 0.2) is 0 Å². The predicted octanol–water partition coefficient (Wildman–Crippen LogP) is 1.78. The van der Waals surface area contributed by atoms with Crippen LogP contribution in [0.1, 0.15) is 5.82 Å². The summed E-state index contributed by atoms with van der Waals surface area (Å²) in [5.74, 6) is 6.58. The summed E-state index contributed by atoms with van der Waals surface area (Å²) in [6.45, 7) is 1.65. The van der Waals surface area contributed by atoms with E-state index in [4.69, 9.17) is 15.3 Å². The van der Waals surface area contributed by atoms with E-state index in [1.54, 1.807) is 13.0 Å². The van der Waals surface area contributed by atoms with Crippen molar-refractivity contribution in [2.45, 2.75) is 6.92 Å². The van der Waals surface area contributed by atoms with E-state index in [0.717, 1.165) is 0 Å². The monoisotopic (exact) mass is 291 g/mol. The Balaban J connectivity index is 2.39. The number of hydrogen-bond acceptors (Lipinski definition) is 8. The van der Waals surface area contributed by atoms with Gasteiger partial charge in [-0.2, -0.15) is 4.98 Å². The molecular weight excluding hydrogens is 278 g/mol. The van der Waals surface area contributed by atoms with Gasteiger partial charge in [-0.1, -0.05) is 0 Å². The first-order valence-electron chi connectivity index (χ1n) is 5.86. The molecule has 1 aromatic carbocycles. The minimum atomic E-state index is -0.562. The number of aromatic nitrogens is 2. The topological polar surface area (TPSA) is 125 Å². The van der Waals surface area contributed by atoms with Gasteiger partial charge >= 0.3 is 5.69 Å². The summed E-state index contributed by atoms with van der Waals surface area (Å²) in [6.07, 6.45) is 0. The summed E-state index contributed by atoms with van der Waals surface area (Å²) in [7, 11) is 1.42. The number of nitrogens with one attached hydrogen (secondary N) is 1. The molecule has 3 N–H and O–H groups in total. The average Bonchev–Trinajstić information content (AvgIpc) is 2.46. The number of nitro groups is 1. The first-order chi connectivity index (χ1) is 10.0. The van der Waals surface area contributed by atoms with Crippen molar-refractivity contribution in [3.63, 3.8) is 0 Å². The lowest BCUT2D eigenvalue weighted by Gasteiger charge is -2.08. The van der Waals surface area contributed by atoms with E-state index < -0.39 is 4.92 Å². The zero-order valence-electron chi connectivity index (χ0n) is 11.4. The molecule has 2 aromatic rings. The van der Waals surface area contributed by atoms with Crippen LogP contribution in [0, 0.1) is 17.0 Å². The number of methoxy groups -OCH3 is 1. The Morgan fingerprint density at radius 1 is 1.33 bits per heavy atom. The van der Waals surface area contributed by atoms with Gasteiger partial charge in [0.05, 0.1) is 18.1 Å². The first-order valence-corrected chi connectivity index (χ1v) is 5.86. The summed E-state index contributed by atoms with van der Waals surface area (Å²) in [6, 6.07) is 5.69. The standard InChI is InChI=1S/C12H13N5O4/c1-7-14-11(16-13)6-12(15-7)21-10-4-3-8(20-2)5-9(10)17(18)19/h3-6H,13H2,1-2H3,(H,14,15,16). The number of rotatable bonds is 5. The van der Waals surface area contributed by atoms with Crippen LogP contribution in [-0.2, 0) is 0 Å². The Hall–Kier alpha value is -2.94. The van der Waals surface area contributed by atoms with Crippen molar-refractivity contribution in [2.24, 2.45) is 5.84 Å². The van der Waals surface area contributed by atoms with Gasteiger partial charge in [0.1, 0.15) is 17.4 Å². The predicted molar refractivity (Wildman–Crippen MR) is 74.3 cm³/mol. The molecule has 1 heterocycles. The molecule has 2 rings (SSSR count). The molecule has 0 atom stereocenters. The summed E-state index contributed by atoms with van der Waals surface area (Å²) >= 11 is 0. The van der Waals surface area contributed by atoms with Crippen molar-refractivity contribution in [2.75, 3.05) is 12.5 Å². The zero-order chi connectivity index (χ0) is 15.4. The quantitative estimate of drug-likeness (QED) is 0.485. The summed E-state index contributed by atoms with van der Waals surface area (Å²) in [5.41, 5.74) is 2.14. The molecule has 110 valence electrons. The van der Waals surface area contributed by atoms with Crippen LogP contribution in [0.25, 0.3) is 0 Å². The van der Waals surface area contributed by atoms with Gasteiger partial charge in [-0.05, 0) is 19.1 Å². The maximum absolute atomic E-state index is 11.1. The van der Waals surface area contributed by atoms with Crippen molar-refractivity contribution in [3.8, 4) is 17.4 Å². The first kappa shape index (κ1) is 14.5. The lowest BCUT2D eigenvalue weighted by molar-refractivity contribution is -0.385. The third-order valence-corrected chi connectivity index (χ3v) is 2.54. The van der Waals surface area contributed by atoms with E-state index in [9.17, 15) is 10.1 Å². The van der Waals surface area contributed by atoms with Crippen LogP contribution in [0.4, 0.5) is 11.5 Å². The summed E-state index contributed by atoms with van der Waals surface area (Å²) in [5, 5.41) is 11.1. The van der Waals surface area contributed by atoms with E-state index in [0.29, 0.717) is 17.4 Å². The highest BCUT2D eigenvalue weighted by atomic mass is 16.6. The van der Waals surface area contributed by atoms with Gasteiger partial charge in [0, 0.05) is 6.07 Å². The molecule has 0 aliphatic rings. The molecular formula is C12H13N5O4. The molecule has 0 saturated heterocycles. The van der Waals surface area contributed by atoms with Gasteiger partial charge in [0.25, 0.3) is 0 Å². The number of aryl methyl sites for hydroxylation is 1. The van der Waals surface area contributed by atoms with Gasteiger partial charge in [-0.3, -0.25) is 10.1 Å². The second-order valence-corrected chi connectivity index (χ2v) is 3.98. The molecule has 0 bridgehead atoms. The largest absolute Gasteiger partial charge is 0.496 e. The van der Waals surface area contributed by atoms with E-state index >= 15 is 0 Å². The van der Waals surface area contributed by atoms with Crippen LogP contribution < -0.4 is 20.7 Å². The number of nitro benzene ring substituents is 1. The van der Waals surface area contributed by atoms with Crippen molar-refractivity contribution >= 4 is 11.5 Å². The molecule has 0 aliphatic heterocycles. The fourth-order valence-electron chi connectivity index (χ4n) is 1.63. The Kier molecular flexibility index (Phi) is 4.14. The Morgan fingerprint density at radius 2 is 2.10 bits per heavy atom. The minimum Gasteiger partial charge on any atom is -0.496 e. The number of anilines is 1. The molecule has 0 radical (unpaired) electrons. The smallest absolute Gasteiger partial charge is 0.315 e. The van der Waals surface area contributed by atoms with Crippen LogP contribution in [0.5, 0.6) is 17.4 Å². The molecule has 9 nitrogen and oxygen atoms in total. The van der Waals surface area contributed by atoms with Gasteiger partial charge in [0.2, 0.25) is 11.6 Å². The average molecular weight is 291 g/mol. The molecule has 0 fully saturated rings. The third-order valence-electron chi connectivity index (χ3n) is 2.54. The SMILES string of the molecule is COc1ccc(Oc2cc(NN)nc(C)n2)c([N+](=O)[O-])c1. The van der Waals surface area contributed by atoms with E-state index in [2.05, 4.69) is 15.4 Å². The normalized spacial score (nSPS) is 10.0. The number of nitrogens with two attached hydrogens (primary N) is 1. The number of hydrazine groups is 1. The second-order valence-electron chi connectivity index (χ2n) is 3.98. The molecule has 0 amide bonds. The molecule has 0 saturated carbocycles.